The summed E-state index contributed by atoms with van der Waals surface area (Å²) >= 11 is 0. The molecule has 1 aromatic rings. The number of carboxylic acid groups (broad SMARTS) is 1. The van der Waals surface area contributed by atoms with Gasteiger partial charge in [0.25, 0.3) is 0 Å². The topological polar surface area (TPSA) is 86.6 Å². The zero-order chi connectivity index (χ0) is 12.0. The predicted octanol–water partition coefficient (Wildman–Crippen LogP) is 0.635. The molecule has 5 nitrogen and oxygen atoms in total. The summed E-state index contributed by atoms with van der Waals surface area (Å²) in [7, 11) is 0. The minimum absolute atomic E-state index is 0.103. The monoisotopic (exact) mass is 223 g/mol. The van der Waals surface area contributed by atoms with E-state index in [-0.39, 0.29) is 6.61 Å². The molecule has 0 aliphatic heterocycles. The van der Waals surface area contributed by atoms with Gasteiger partial charge in [-0.25, -0.2) is 4.79 Å². The second kappa shape index (κ2) is 5.87. The van der Waals surface area contributed by atoms with Gasteiger partial charge in [-0.15, -0.1) is 0 Å². The van der Waals surface area contributed by atoms with E-state index in [9.17, 15) is 9.59 Å². The summed E-state index contributed by atoms with van der Waals surface area (Å²) in [6, 6.07) is 6.88. The maximum Gasteiger partial charge on any atom is 0.394 e. The third kappa shape index (κ3) is 3.70. The second-order valence-electron chi connectivity index (χ2n) is 3.29. The Morgan fingerprint density at radius 3 is 2.69 bits per heavy atom. The van der Waals surface area contributed by atoms with Crippen LogP contribution in [0.3, 0.4) is 0 Å². The van der Waals surface area contributed by atoms with Crippen LogP contribution in [0.15, 0.2) is 24.3 Å². The van der Waals surface area contributed by atoms with Crippen molar-refractivity contribution >= 4 is 17.6 Å². The Kier molecular flexibility index (Phi) is 4.47. The molecule has 1 aromatic carbocycles. The zero-order valence-corrected chi connectivity index (χ0v) is 8.64. The molecule has 5 heteroatoms. The number of nitrogens with one attached hydrogen (secondary N) is 1. The SMILES string of the molecule is O=C(O)C(=O)Nc1cccc(CCCO)c1. The normalized spacial score (nSPS) is 9.81. The number of benzene rings is 1. The molecule has 1 rings (SSSR count). The van der Waals surface area contributed by atoms with Crippen molar-refractivity contribution in [2.75, 3.05) is 11.9 Å². The van der Waals surface area contributed by atoms with Crippen LogP contribution in [0, 0.1) is 0 Å². The summed E-state index contributed by atoms with van der Waals surface area (Å²) in [5, 5.41) is 19.3. The van der Waals surface area contributed by atoms with Gasteiger partial charge in [-0.05, 0) is 30.5 Å². The van der Waals surface area contributed by atoms with Gasteiger partial charge in [-0.3, -0.25) is 4.79 Å². The lowest BCUT2D eigenvalue weighted by Gasteiger charge is -2.04. The number of aryl methyl sites for hydroxylation is 1. The lowest BCUT2D eigenvalue weighted by molar-refractivity contribution is -0.147. The fourth-order valence-corrected chi connectivity index (χ4v) is 1.27. The van der Waals surface area contributed by atoms with E-state index >= 15 is 0 Å². The number of anilines is 1. The molecule has 0 heterocycles. The minimum Gasteiger partial charge on any atom is -0.474 e. The van der Waals surface area contributed by atoms with Crippen LogP contribution in [-0.2, 0) is 16.0 Å². The maximum atomic E-state index is 10.9. The molecule has 0 spiro atoms. The third-order valence-corrected chi connectivity index (χ3v) is 2.00. The predicted molar refractivity (Wildman–Crippen MR) is 58.1 cm³/mol. The molecular weight excluding hydrogens is 210 g/mol. The fourth-order valence-electron chi connectivity index (χ4n) is 1.27. The molecule has 16 heavy (non-hydrogen) atoms. The molecule has 0 bridgehead atoms. The molecule has 0 saturated carbocycles. The van der Waals surface area contributed by atoms with Gasteiger partial charge in [-0.1, -0.05) is 12.1 Å². The number of carbonyl (C=O) groups is 2. The summed E-state index contributed by atoms with van der Waals surface area (Å²) in [6.07, 6.45) is 1.32. The highest BCUT2D eigenvalue weighted by atomic mass is 16.4. The van der Waals surface area contributed by atoms with Crippen molar-refractivity contribution in [2.24, 2.45) is 0 Å². The van der Waals surface area contributed by atoms with Gasteiger partial charge < -0.3 is 15.5 Å². The van der Waals surface area contributed by atoms with Crippen LogP contribution in [0.2, 0.25) is 0 Å². The highest BCUT2D eigenvalue weighted by molar-refractivity contribution is 6.36. The average molecular weight is 223 g/mol. The first kappa shape index (κ1) is 12.2. The highest BCUT2D eigenvalue weighted by Gasteiger charge is 2.10. The van der Waals surface area contributed by atoms with Crippen LogP contribution in [0.25, 0.3) is 0 Å². The first-order valence-corrected chi connectivity index (χ1v) is 4.87. The van der Waals surface area contributed by atoms with E-state index in [2.05, 4.69) is 5.32 Å². The summed E-state index contributed by atoms with van der Waals surface area (Å²) in [5.41, 5.74) is 1.39. The summed E-state index contributed by atoms with van der Waals surface area (Å²) in [6.45, 7) is 0.103. The van der Waals surface area contributed by atoms with Gasteiger partial charge in [-0.2, -0.15) is 0 Å². The lowest BCUT2D eigenvalue weighted by atomic mass is 10.1. The number of rotatable bonds is 4. The van der Waals surface area contributed by atoms with Crippen molar-refractivity contribution in [3.05, 3.63) is 29.8 Å². The molecule has 0 saturated heterocycles. The van der Waals surface area contributed by atoms with E-state index in [4.69, 9.17) is 10.2 Å². The Morgan fingerprint density at radius 1 is 1.31 bits per heavy atom. The van der Waals surface area contributed by atoms with Crippen LogP contribution < -0.4 is 5.32 Å². The quantitative estimate of drug-likeness (QED) is 0.653. The molecule has 0 aliphatic rings. The standard InChI is InChI=1S/C11H13NO4/c13-6-2-4-8-3-1-5-9(7-8)12-10(14)11(15)16/h1,3,5,7,13H,2,4,6H2,(H,12,14)(H,15,16). The van der Waals surface area contributed by atoms with Gasteiger partial charge in [0.1, 0.15) is 0 Å². The van der Waals surface area contributed by atoms with Gasteiger partial charge in [0, 0.05) is 12.3 Å². The van der Waals surface area contributed by atoms with Gasteiger partial charge >= 0.3 is 11.9 Å². The Hall–Kier alpha value is -1.88. The van der Waals surface area contributed by atoms with E-state index in [1.807, 2.05) is 6.07 Å². The smallest absolute Gasteiger partial charge is 0.394 e. The molecule has 0 aliphatic carbocycles. The van der Waals surface area contributed by atoms with Crippen LogP contribution in [0.4, 0.5) is 5.69 Å². The first-order chi connectivity index (χ1) is 7.63. The van der Waals surface area contributed by atoms with Crippen LogP contribution in [0.5, 0.6) is 0 Å². The van der Waals surface area contributed by atoms with Crippen molar-refractivity contribution in [3.63, 3.8) is 0 Å². The Balaban J connectivity index is 2.67. The maximum absolute atomic E-state index is 10.9. The number of aliphatic hydroxyl groups is 1. The van der Waals surface area contributed by atoms with Crippen LogP contribution >= 0.6 is 0 Å². The molecule has 3 N–H and O–H groups in total. The van der Waals surface area contributed by atoms with E-state index in [1.54, 1.807) is 18.2 Å². The highest BCUT2D eigenvalue weighted by Crippen LogP contribution is 2.12. The Labute approximate surface area is 92.7 Å². The van der Waals surface area contributed by atoms with Crippen molar-refractivity contribution in [1.29, 1.82) is 0 Å². The van der Waals surface area contributed by atoms with Crippen molar-refractivity contribution in [2.45, 2.75) is 12.8 Å². The third-order valence-electron chi connectivity index (χ3n) is 2.00. The van der Waals surface area contributed by atoms with Crippen molar-refractivity contribution < 1.29 is 19.8 Å². The molecule has 0 unspecified atom stereocenters. The molecular formula is C11H13NO4. The molecule has 0 aromatic heterocycles. The molecule has 86 valence electrons. The number of aliphatic carboxylic acids is 1. The van der Waals surface area contributed by atoms with Gasteiger partial charge in [0.2, 0.25) is 0 Å². The minimum atomic E-state index is -1.51. The molecule has 0 atom stereocenters. The Morgan fingerprint density at radius 2 is 2.06 bits per heavy atom. The fraction of sp³-hybridized carbons (Fsp3) is 0.273. The van der Waals surface area contributed by atoms with Crippen molar-refractivity contribution in [1.82, 2.24) is 0 Å². The molecule has 1 amide bonds. The lowest BCUT2D eigenvalue weighted by Crippen LogP contribution is -2.21. The van der Waals surface area contributed by atoms with Gasteiger partial charge in [0.05, 0.1) is 0 Å². The van der Waals surface area contributed by atoms with E-state index in [1.165, 1.54) is 0 Å². The summed E-state index contributed by atoms with van der Waals surface area (Å²) < 4.78 is 0. The average Bonchev–Trinajstić information content (AvgIpc) is 2.26. The number of hydrogen-bond donors (Lipinski definition) is 3. The van der Waals surface area contributed by atoms with E-state index in [0.717, 1.165) is 5.56 Å². The number of amides is 1. The zero-order valence-electron chi connectivity index (χ0n) is 8.64. The number of aliphatic hydroxyl groups excluding tert-OH is 1. The number of carbonyl (C=O) groups excluding carboxylic acids is 1. The molecule has 0 fully saturated rings. The van der Waals surface area contributed by atoms with E-state index < -0.39 is 11.9 Å². The summed E-state index contributed by atoms with van der Waals surface area (Å²) in [4.78, 5) is 21.2. The van der Waals surface area contributed by atoms with Gasteiger partial charge in [0.15, 0.2) is 0 Å². The number of hydrogen-bond acceptors (Lipinski definition) is 3. The van der Waals surface area contributed by atoms with Crippen molar-refractivity contribution in [3.8, 4) is 0 Å². The largest absolute Gasteiger partial charge is 0.474 e. The van der Waals surface area contributed by atoms with Crippen LogP contribution in [-0.4, -0.2) is 28.7 Å². The van der Waals surface area contributed by atoms with Crippen LogP contribution in [0.1, 0.15) is 12.0 Å². The first-order valence-electron chi connectivity index (χ1n) is 4.87. The Bertz CT molecular complexity index is 389. The van der Waals surface area contributed by atoms with E-state index in [0.29, 0.717) is 18.5 Å². The number of carboxylic acids is 1. The summed E-state index contributed by atoms with van der Waals surface area (Å²) in [5.74, 6) is -2.57. The second-order valence-corrected chi connectivity index (χ2v) is 3.29. The molecule has 0 radical (unpaired) electrons.